The average molecular weight is 363 g/mol. The summed E-state index contributed by atoms with van der Waals surface area (Å²) in [4.78, 5) is 18.6. The van der Waals surface area contributed by atoms with Crippen LogP contribution in [-0.2, 0) is 17.8 Å². The molecule has 0 unspecified atom stereocenters. The lowest BCUT2D eigenvalue weighted by Gasteiger charge is -2.26. The summed E-state index contributed by atoms with van der Waals surface area (Å²) in [6, 6.07) is 4.09. The number of aromatic nitrogens is 2. The van der Waals surface area contributed by atoms with Crippen molar-refractivity contribution in [3.05, 3.63) is 34.4 Å². The fourth-order valence-electron chi connectivity index (χ4n) is 3.15. The standard InChI is InChI=1S/C18H23ClN4O2/c1-11(2)5-6-22-10-13-7-14(19)8-15-16(13)23(9-12(22)3)17(20-15)21-18(24)25-4/h5,7-8,12H,6,9-10H2,1-4H3,(H,20,21,24)/t12-/m0/s1. The van der Waals surface area contributed by atoms with Gasteiger partial charge in [0.2, 0.25) is 5.95 Å². The van der Waals surface area contributed by atoms with Gasteiger partial charge in [-0.25, -0.2) is 9.78 Å². The van der Waals surface area contributed by atoms with E-state index in [9.17, 15) is 4.79 Å². The number of rotatable bonds is 3. The average Bonchev–Trinajstić information content (AvgIpc) is 2.79. The summed E-state index contributed by atoms with van der Waals surface area (Å²) in [5, 5.41) is 3.36. The van der Waals surface area contributed by atoms with Crippen molar-refractivity contribution >= 4 is 34.7 Å². The van der Waals surface area contributed by atoms with Crippen molar-refractivity contribution in [3.63, 3.8) is 0 Å². The molecule has 0 bridgehead atoms. The number of carbonyl (C=O) groups excluding carboxylic acids is 1. The SMILES string of the molecule is COC(=O)Nc1nc2cc(Cl)cc3c2n1C[C@H](C)N(CC=C(C)C)C3. The Balaban J connectivity index is 2.07. The zero-order valence-corrected chi connectivity index (χ0v) is 15.7. The molecule has 1 aromatic heterocycles. The Labute approximate surface area is 152 Å². The Morgan fingerprint density at radius 2 is 2.24 bits per heavy atom. The molecule has 134 valence electrons. The summed E-state index contributed by atoms with van der Waals surface area (Å²) >= 11 is 6.29. The van der Waals surface area contributed by atoms with Gasteiger partial charge >= 0.3 is 6.09 Å². The molecular weight excluding hydrogens is 340 g/mol. The third-order valence-corrected chi connectivity index (χ3v) is 4.68. The molecule has 25 heavy (non-hydrogen) atoms. The van der Waals surface area contributed by atoms with Gasteiger partial charge in [-0.3, -0.25) is 10.2 Å². The molecule has 0 spiro atoms. The number of hydrogen-bond acceptors (Lipinski definition) is 4. The first kappa shape index (κ1) is 17.8. The van der Waals surface area contributed by atoms with Gasteiger partial charge < -0.3 is 9.30 Å². The zero-order valence-electron chi connectivity index (χ0n) is 15.0. The van der Waals surface area contributed by atoms with E-state index in [2.05, 4.69) is 42.0 Å². The molecular formula is C18H23ClN4O2. The van der Waals surface area contributed by atoms with Gasteiger partial charge in [0.25, 0.3) is 0 Å². The van der Waals surface area contributed by atoms with Crippen molar-refractivity contribution in [2.45, 2.75) is 39.9 Å². The molecule has 0 radical (unpaired) electrons. The fraction of sp³-hybridized carbons (Fsp3) is 0.444. The van der Waals surface area contributed by atoms with Gasteiger partial charge in [0.05, 0.1) is 18.1 Å². The van der Waals surface area contributed by atoms with E-state index in [1.807, 2.05) is 16.7 Å². The van der Waals surface area contributed by atoms with E-state index >= 15 is 0 Å². The summed E-state index contributed by atoms with van der Waals surface area (Å²) in [5.41, 5.74) is 4.20. The summed E-state index contributed by atoms with van der Waals surface area (Å²) < 4.78 is 6.76. The molecule has 2 heterocycles. The van der Waals surface area contributed by atoms with Crippen molar-refractivity contribution in [1.29, 1.82) is 0 Å². The molecule has 0 aliphatic carbocycles. The van der Waals surface area contributed by atoms with Crippen LogP contribution in [0.1, 0.15) is 26.3 Å². The Morgan fingerprint density at radius 1 is 1.48 bits per heavy atom. The Hall–Kier alpha value is -2.05. The number of hydrogen-bond donors (Lipinski definition) is 1. The van der Waals surface area contributed by atoms with Crippen LogP contribution < -0.4 is 5.32 Å². The smallest absolute Gasteiger partial charge is 0.413 e. The van der Waals surface area contributed by atoms with E-state index < -0.39 is 6.09 Å². The minimum absolute atomic E-state index is 0.275. The van der Waals surface area contributed by atoms with Gasteiger partial charge in [-0.1, -0.05) is 23.3 Å². The number of anilines is 1. The number of allylic oxidation sites excluding steroid dienone is 1. The lowest BCUT2D eigenvalue weighted by atomic mass is 10.1. The molecule has 3 rings (SSSR count). The van der Waals surface area contributed by atoms with Gasteiger partial charge in [0.15, 0.2) is 0 Å². The zero-order chi connectivity index (χ0) is 18.1. The Morgan fingerprint density at radius 3 is 2.92 bits per heavy atom. The highest BCUT2D eigenvalue weighted by Gasteiger charge is 2.25. The monoisotopic (exact) mass is 362 g/mol. The molecule has 1 N–H and O–H groups in total. The van der Waals surface area contributed by atoms with Crippen LogP contribution in [0.2, 0.25) is 5.02 Å². The van der Waals surface area contributed by atoms with Crippen LogP contribution in [0.4, 0.5) is 10.7 Å². The van der Waals surface area contributed by atoms with Crippen molar-refractivity contribution in [3.8, 4) is 0 Å². The molecule has 1 aliphatic rings. The van der Waals surface area contributed by atoms with Crippen molar-refractivity contribution in [2.24, 2.45) is 0 Å². The number of imidazole rings is 1. The second kappa shape index (κ2) is 7.06. The molecule has 0 saturated heterocycles. The van der Waals surface area contributed by atoms with Crippen LogP contribution in [0.25, 0.3) is 11.0 Å². The molecule has 7 heteroatoms. The van der Waals surface area contributed by atoms with E-state index in [4.69, 9.17) is 16.3 Å². The van der Waals surface area contributed by atoms with Crippen LogP contribution >= 0.6 is 11.6 Å². The number of amides is 1. The number of carbonyl (C=O) groups is 1. The summed E-state index contributed by atoms with van der Waals surface area (Å²) in [6.45, 7) is 8.76. The van der Waals surface area contributed by atoms with Crippen molar-refractivity contribution in [2.75, 3.05) is 19.0 Å². The third kappa shape index (κ3) is 3.65. The predicted molar refractivity (Wildman–Crippen MR) is 100 cm³/mol. The maximum absolute atomic E-state index is 11.7. The van der Waals surface area contributed by atoms with E-state index in [0.717, 1.165) is 36.2 Å². The summed E-state index contributed by atoms with van der Waals surface area (Å²) in [6.07, 6.45) is 1.70. The van der Waals surface area contributed by atoms with Crippen molar-refractivity contribution < 1.29 is 9.53 Å². The third-order valence-electron chi connectivity index (χ3n) is 4.46. The van der Waals surface area contributed by atoms with Gasteiger partial charge in [0, 0.05) is 30.7 Å². The quantitative estimate of drug-likeness (QED) is 0.837. The molecule has 1 atom stereocenters. The number of ether oxygens (including phenoxy) is 1. The van der Waals surface area contributed by atoms with Crippen LogP contribution in [0.3, 0.4) is 0 Å². The number of halogens is 1. The second-order valence-corrected chi connectivity index (χ2v) is 7.09. The fourth-order valence-corrected chi connectivity index (χ4v) is 3.39. The topological polar surface area (TPSA) is 59.4 Å². The van der Waals surface area contributed by atoms with Crippen molar-refractivity contribution in [1.82, 2.24) is 14.5 Å². The largest absolute Gasteiger partial charge is 0.453 e. The summed E-state index contributed by atoms with van der Waals surface area (Å²) in [5.74, 6) is 0.487. The second-order valence-electron chi connectivity index (χ2n) is 6.66. The molecule has 1 aliphatic heterocycles. The Kier molecular flexibility index (Phi) is 5.01. The number of nitrogens with zero attached hydrogens (tertiary/aromatic N) is 3. The van der Waals surface area contributed by atoms with E-state index in [0.29, 0.717) is 11.0 Å². The molecule has 6 nitrogen and oxygen atoms in total. The van der Waals surface area contributed by atoms with Gasteiger partial charge in [-0.15, -0.1) is 0 Å². The highest BCUT2D eigenvalue weighted by atomic mass is 35.5. The lowest BCUT2D eigenvalue weighted by Crippen LogP contribution is -2.34. The Bertz CT molecular complexity index is 839. The van der Waals surface area contributed by atoms with Crippen LogP contribution in [0, 0.1) is 0 Å². The highest BCUT2D eigenvalue weighted by molar-refractivity contribution is 6.31. The maximum Gasteiger partial charge on any atom is 0.413 e. The van der Waals surface area contributed by atoms with Gasteiger partial charge in [-0.05, 0) is 38.5 Å². The number of methoxy groups -OCH3 is 1. The first-order valence-electron chi connectivity index (χ1n) is 8.30. The minimum atomic E-state index is -0.530. The normalized spacial score (nSPS) is 17.2. The minimum Gasteiger partial charge on any atom is -0.453 e. The molecule has 1 aromatic carbocycles. The predicted octanol–water partition coefficient (Wildman–Crippen LogP) is 4.04. The molecule has 2 aromatic rings. The molecule has 1 amide bonds. The van der Waals surface area contributed by atoms with Gasteiger partial charge in [-0.2, -0.15) is 0 Å². The highest BCUT2D eigenvalue weighted by Crippen LogP contribution is 2.31. The number of nitrogens with one attached hydrogen (secondary N) is 1. The van der Waals surface area contributed by atoms with Crippen LogP contribution in [0.5, 0.6) is 0 Å². The summed E-state index contributed by atoms with van der Waals surface area (Å²) in [7, 11) is 1.34. The lowest BCUT2D eigenvalue weighted by molar-refractivity contribution is 0.186. The first-order chi connectivity index (χ1) is 11.9. The number of benzene rings is 1. The van der Waals surface area contributed by atoms with E-state index in [-0.39, 0.29) is 6.04 Å². The van der Waals surface area contributed by atoms with Crippen LogP contribution in [-0.4, -0.2) is 40.2 Å². The molecule has 0 saturated carbocycles. The first-order valence-corrected chi connectivity index (χ1v) is 8.68. The molecule has 0 fully saturated rings. The maximum atomic E-state index is 11.7. The van der Waals surface area contributed by atoms with Gasteiger partial charge in [0.1, 0.15) is 0 Å². The van der Waals surface area contributed by atoms with E-state index in [1.54, 1.807) is 0 Å². The van der Waals surface area contributed by atoms with E-state index in [1.165, 1.54) is 12.7 Å². The van der Waals surface area contributed by atoms with Crippen LogP contribution in [0.15, 0.2) is 23.8 Å².